The summed E-state index contributed by atoms with van der Waals surface area (Å²) in [6.45, 7) is 2.29. The number of halogens is 3. The quantitative estimate of drug-likeness (QED) is 0.550. The molecule has 6 heteroatoms. The molecule has 0 amide bonds. The Bertz CT molecular complexity index is 207. The number of esters is 1. The van der Waals surface area contributed by atoms with Crippen molar-refractivity contribution in [3.8, 4) is 0 Å². The van der Waals surface area contributed by atoms with E-state index in [4.69, 9.17) is 10.5 Å². The summed E-state index contributed by atoms with van der Waals surface area (Å²) in [6.07, 6.45) is -2.85. The van der Waals surface area contributed by atoms with E-state index in [1.807, 2.05) is 6.92 Å². The highest BCUT2D eigenvalue weighted by Gasteiger charge is 2.35. The van der Waals surface area contributed by atoms with E-state index >= 15 is 0 Å². The fourth-order valence-corrected chi connectivity index (χ4v) is 1.03. The number of unbranched alkanes of at least 4 members (excludes halogenated alkanes) is 1. The zero-order valence-electron chi connectivity index (χ0n) is 9.35. The van der Waals surface area contributed by atoms with Gasteiger partial charge >= 0.3 is 12.1 Å². The molecule has 0 fully saturated rings. The van der Waals surface area contributed by atoms with Crippen LogP contribution >= 0.6 is 0 Å². The van der Waals surface area contributed by atoms with Gasteiger partial charge in [0.2, 0.25) is 0 Å². The van der Waals surface area contributed by atoms with Crippen LogP contribution in [0.3, 0.4) is 0 Å². The van der Waals surface area contributed by atoms with Crippen molar-refractivity contribution in [2.75, 3.05) is 6.61 Å². The first-order chi connectivity index (χ1) is 7.38. The van der Waals surface area contributed by atoms with Crippen molar-refractivity contribution in [1.82, 2.24) is 0 Å². The molecule has 0 spiro atoms. The monoisotopic (exact) mass is 241 g/mol. The van der Waals surface area contributed by atoms with Crippen LogP contribution in [0.15, 0.2) is 0 Å². The summed E-state index contributed by atoms with van der Waals surface area (Å²) in [7, 11) is 0. The zero-order chi connectivity index (χ0) is 12.6. The summed E-state index contributed by atoms with van der Waals surface area (Å²) < 4.78 is 40.7. The van der Waals surface area contributed by atoms with Gasteiger partial charge in [0.1, 0.15) is 6.04 Å². The molecule has 0 bridgehead atoms. The summed E-state index contributed by atoms with van der Waals surface area (Å²) in [5.74, 6) is -0.456. The third-order valence-electron chi connectivity index (χ3n) is 2.08. The Morgan fingerprint density at radius 3 is 2.50 bits per heavy atom. The molecule has 0 aliphatic heterocycles. The first kappa shape index (κ1) is 15.2. The lowest BCUT2D eigenvalue weighted by molar-refractivity contribution is -0.151. The van der Waals surface area contributed by atoms with E-state index in [1.54, 1.807) is 0 Å². The maximum Gasteiger partial charge on any atom is 0.403 e. The molecule has 2 N–H and O–H groups in total. The Labute approximate surface area is 93.1 Å². The van der Waals surface area contributed by atoms with Crippen LogP contribution in [-0.4, -0.2) is 24.8 Å². The molecule has 3 nitrogen and oxygen atoms in total. The molecule has 0 aromatic heterocycles. The number of rotatable bonds is 7. The summed E-state index contributed by atoms with van der Waals surface area (Å²) in [5, 5.41) is 0. The molecule has 0 aromatic carbocycles. The molecule has 0 unspecified atom stereocenters. The van der Waals surface area contributed by atoms with Crippen molar-refractivity contribution in [2.24, 2.45) is 5.73 Å². The first-order valence-electron chi connectivity index (χ1n) is 5.35. The predicted octanol–water partition coefficient (Wildman–Crippen LogP) is 2.39. The molecule has 0 saturated heterocycles. The molecule has 0 radical (unpaired) electrons. The van der Waals surface area contributed by atoms with E-state index < -0.39 is 18.2 Å². The van der Waals surface area contributed by atoms with E-state index in [2.05, 4.69) is 0 Å². The highest BCUT2D eigenvalue weighted by Crippen LogP contribution is 2.21. The van der Waals surface area contributed by atoms with Crippen LogP contribution in [0, 0.1) is 0 Å². The Morgan fingerprint density at radius 2 is 2.00 bits per heavy atom. The third kappa shape index (κ3) is 7.50. The van der Waals surface area contributed by atoms with E-state index in [0.29, 0.717) is 6.61 Å². The van der Waals surface area contributed by atoms with Crippen LogP contribution in [0.5, 0.6) is 0 Å². The van der Waals surface area contributed by atoms with Crippen molar-refractivity contribution < 1.29 is 22.7 Å². The topological polar surface area (TPSA) is 52.3 Å². The first-order valence-corrected chi connectivity index (χ1v) is 5.35. The van der Waals surface area contributed by atoms with Crippen LogP contribution in [0.2, 0.25) is 0 Å². The van der Waals surface area contributed by atoms with Gasteiger partial charge < -0.3 is 10.5 Å². The van der Waals surface area contributed by atoms with Gasteiger partial charge in [-0.25, -0.2) is 0 Å². The van der Waals surface area contributed by atoms with E-state index in [0.717, 1.165) is 12.8 Å². The predicted molar refractivity (Wildman–Crippen MR) is 53.7 cm³/mol. The lowest BCUT2D eigenvalue weighted by Gasteiger charge is -2.14. The number of carbonyl (C=O) groups excluding carboxylic acids is 1. The van der Waals surface area contributed by atoms with E-state index in [-0.39, 0.29) is 19.3 Å². The average Bonchev–Trinajstić information content (AvgIpc) is 2.16. The molecule has 0 heterocycles. The van der Waals surface area contributed by atoms with Crippen LogP contribution < -0.4 is 5.73 Å². The maximum atomic E-state index is 12.0. The highest BCUT2D eigenvalue weighted by molar-refractivity contribution is 5.69. The van der Waals surface area contributed by atoms with Crippen LogP contribution in [0.25, 0.3) is 0 Å². The molecule has 0 aliphatic carbocycles. The zero-order valence-corrected chi connectivity index (χ0v) is 9.35. The van der Waals surface area contributed by atoms with Gasteiger partial charge in [-0.15, -0.1) is 0 Å². The third-order valence-corrected chi connectivity index (χ3v) is 2.08. The van der Waals surface area contributed by atoms with E-state index in [1.165, 1.54) is 0 Å². The van der Waals surface area contributed by atoms with Gasteiger partial charge in [-0.2, -0.15) is 13.2 Å². The fraction of sp³-hybridized carbons (Fsp3) is 0.900. The number of alkyl halides is 3. The SMILES string of the molecule is CCCCOC(=O)CCC[C@@H](N)C(F)(F)F. The van der Waals surface area contributed by atoms with Crippen LogP contribution in [0.4, 0.5) is 13.2 Å². The molecule has 0 saturated carbocycles. The number of nitrogens with two attached hydrogens (primary N) is 1. The highest BCUT2D eigenvalue weighted by atomic mass is 19.4. The second-order valence-electron chi connectivity index (χ2n) is 3.61. The minimum atomic E-state index is -4.38. The molecule has 16 heavy (non-hydrogen) atoms. The normalized spacial score (nSPS) is 13.6. The van der Waals surface area contributed by atoms with Gasteiger partial charge in [0, 0.05) is 6.42 Å². The number of ether oxygens (including phenoxy) is 1. The Hall–Kier alpha value is -0.780. The van der Waals surface area contributed by atoms with Gasteiger partial charge in [-0.3, -0.25) is 4.79 Å². The molecular formula is C10H18F3NO2. The second-order valence-corrected chi connectivity index (χ2v) is 3.61. The summed E-state index contributed by atoms with van der Waals surface area (Å²) in [6, 6.07) is -1.85. The Morgan fingerprint density at radius 1 is 1.38 bits per heavy atom. The van der Waals surface area contributed by atoms with Crippen LogP contribution in [-0.2, 0) is 9.53 Å². The summed E-state index contributed by atoms with van der Waals surface area (Å²) >= 11 is 0. The lowest BCUT2D eigenvalue weighted by atomic mass is 10.1. The van der Waals surface area contributed by atoms with Crippen molar-refractivity contribution in [2.45, 2.75) is 51.2 Å². The van der Waals surface area contributed by atoms with E-state index in [9.17, 15) is 18.0 Å². The summed E-state index contributed by atoms with van der Waals surface area (Å²) in [4.78, 5) is 11.0. The molecule has 1 atom stereocenters. The van der Waals surface area contributed by atoms with Crippen LogP contribution in [0.1, 0.15) is 39.0 Å². The molecule has 0 aromatic rings. The van der Waals surface area contributed by atoms with Gasteiger partial charge in [-0.05, 0) is 19.3 Å². The standard InChI is InChI=1S/C10H18F3NO2/c1-2-3-7-16-9(15)6-4-5-8(14)10(11,12)13/h8H,2-7,14H2,1H3/t8-/m1/s1. The fourth-order valence-electron chi connectivity index (χ4n) is 1.03. The number of carbonyl (C=O) groups is 1. The average molecular weight is 241 g/mol. The van der Waals surface area contributed by atoms with Gasteiger partial charge in [0.15, 0.2) is 0 Å². The van der Waals surface area contributed by atoms with Gasteiger partial charge in [0.25, 0.3) is 0 Å². The number of hydrogen-bond donors (Lipinski definition) is 1. The molecule has 0 aliphatic rings. The molecule has 96 valence electrons. The minimum Gasteiger partial charge on any atom is -0.466 e. The van der Waals surface area contributed by atoms with Gasteiger partial charge in [0.05, 0.1) is 6.61 Å². The summed E-state index contributed by atoms with van der Waals surface area (Å²) in [5.41, 5.74) is 4.88. The Balaban J connectivity index is 3.54. The molecule has 0 rings (SSSR count). The second kappa shape index (κ2) is 7.49. The molecular weight excluding hydrogens is 223 g/mol. The largest absolute Gasteiger partial charge is 0.466 e. The lowest BCUT2D eigenvalue weighted by Crippen LogP contribution is -2.37. The van der Waals surface area contributed by atoms with Crippen molar-refractivity contribution >= 4 is 5.97 Å². The van der Waals surface area contributed by atoms with Gasteiger partial charge in [-0.1, -0.05) is 13.3 Å². The smallest absolute Gasteiger partial charge is 0.403 e. The van der Waals surface area contributed by atoms with Crippen molar-refractivity contribution in [3.05, 3.63) is 0 Å². The minimum absolute atomic E-state index is 0.00645. The number of hydrogen-bond acceptors (Lipinski definition) is 3. The Kier molecular flexibility index (Phi) is 7.12. The van der Waals surface area contributed by atoms with Crippen molar-refractivity contribution in [3.63, 3.8) is 0 Å². The van der Waals surface area contributed by atoms with Crippen molar-refractivity contribution in [1.29, 1.82) is 0 Å². The maximum absolute atomic E-state index is 12.0.